The fourth-order valence-electron chi connectivity index (χ4n) is 3.53. The first-order valence-corrected chi connectivity index (χ1v) is 8.54. The maximum absolute atomic E-state index is 4.91. The Morgan fingerprint density at radius 3 is 2.90 bits per heavy atom. The van der Waals surface area contributed by atoms with Gasteiger partial charge in [-0.15, -0.1) is 0 Å². The van der Waals surface area contributed by atoms with Crippen molar-refractivity contribution in [3.8, 4) is 0 Å². The van der Waals surface area contributed by atoms with Gasteiger partial charge in [0.15, 0.2) is 0 Å². The van der Waals surface area contributed by atoms with E-state index in [2.05, 4.69) is 41.0 Å². The minimum Gasteiger partial charge on any atom is -0.311 e. The van der Waals surface area contributed by atoms with Crippen molar-refractivity contribution in [2.45, 2.75) is 58.4 Å². The van der Waals surface area contributed by atoms with Crippen LogP contribution in [0, 0.1) is 5.92 Å². The van der Waals surface area contributed by atoms with Gasteiger partial charge in [-0.05, 0) is 31.0 Å². The molecular formula is C18H27N3. The molecule has 1 aliphatic carbocycles. The number of nitrogens with zero attached hydrogens (tertiary/aromatic N) is 2. The Hall–Kier alpha value is -1.35. The summed E-state index contributed by atoms with van der Waals surface area (Å²) in [5.74, 6) is 2.16. The molecule has 2 aromatic rings. The van der Waals surface area contributed by atoms with Crippen molar-refractivity contribution in [1.29, 1.82) is 0 Å². The summed E-state index contributed by atoms with van der Waals surface area (Å²) >= 11 is 0. The zero-order chi connectivity index (χ0) is 14.5. The summed E-state index contributed by atoms with van der Waals surface area (Å²) in [6.45, 7) is 4.00. The lowest BCUT2D eigenvalue weighted by Gasteiger charge is -2.20. The maximum atomic E-state index is 4.91. The van der Waals surface area contributed by atoms with E-state index in [0.717, 1.165) is 25.4 Å². The molecule has 0 aliphatic heterocycles. The molecule has 0 bridgehead atoms. The lowest BCUT2D eigenvalue weighted by atomic mass is 9.86. The summed E-state index contributed by atoms with van der Waals surface area (Å²) < 4.78 is 2.29. The fourth-order valence-corrected chi connectivity index (χ4v) is 3.53. The predicted octanol–water partition coefficient (Wildman–Crippen LogP) is 3.96. The molecule has 114 valence electrons. The van der Waals surface area contributed by atoms with Crippen LogP contribution in [0.2, 0.25) is 0 Å². The van der Waals surface area contributed by atoms with Gasteiger partial charge in [0.1, 0.15) is 5.82 Å². The van der Waals surface area contributed by atoms with Crippen LogP contribution in [-0.2, 0) is 13.0 Å². The van der Waals surface area contributed by atoms with Gasteiger partial charge >= 0.3 is 0 Å². The van der Waals surface area contributed by atoms with Crippen molar-refractivity contribution in [3.63, 3.8) is 0 Å². The van der Waals surface area contributed by atoms with Crippen LogP contribution in [-0.4, -0.2) is 15.9 Å². The minimum absolute atomic E-state index is 0.868. The molecule has 21 heavy (non-hydrogen) atoms. The number of aromatic nitrogens is 2. The van der Waals surface area contributed by atoms with Gasteiger partial charge in [0.2, 0.25) is 0 Å². The molecule has 0 aromatic carbocycles. The summed E-state index contributed by atoms with van der Waals surface area (Å²) in [5.41, 5.74) is 2.45. The van der Waals surface area contributed by atoms with Gasteiger partial charge in [0.25, 0.3) is 0 Å². The zero-order valence-electron chi connectivity index (χ0n) is 13.1. The molecule has 1 aliphatic rings. The molecular weight excluding hydrogens is 258 g/mol. The van der Waals surface area contributed by atoms with Gasteiger partial charge in [0.05, 0.1) is 11.2 Å². The lowest BCUT2D eigenvalue weighted by Crippen LogP contribution is -2.12. The van der Waals surface area contributed by atoms with Crippen molar-refractivity contribution >= 4 is 5.52 Å². The van der Waals surface area contributed by atoms with E-state index in [1.807, 2.05) is 0 Å². The average Bonchev–Trinajstić information content (AvgIpc) is 2.90. The summed E-state index contributed by atoms with van der Waals surface area (Å²) in [6.07, 6.45) is 11.7. The largest absolute Gasteiger partial charge is 0.311 e. The zero-order valence-corrected chi connectivity index (χ0v) is 13.1. The number of hydrogen-bond acceptors (Lipinski definition) is 2. The van der Waals surface area contributed by atoms with E-state index in [1.54, 1.807) is 0 Å². The predicted molar refractivity (Wildman–Crippen MR) is 87.5 cm³/mol. The van der Waals surface area contributed by atoms with E-state index in [4.69, 9.17) is 4.98 Å². The first kappa shape index (κ1) is 14.6. The van der Waals surface area contributed by atoms with Crippen LogP contribution in [0.1, 0.15) is 57.0 Å². The van der Waals surface area contributed by atoms with Crippen LogP contribution in [0.15, 0.2) is 24.4 Å². The molecule has 0 unspecified atom stereocenters. The van der Waals surface area contributed by atoms with Gasteiger partial charge in [-0.2, -0.15) is 0 Å². The third kappa shape index (κ3) is 3.46. The van der Waals surface area contributed by atoms with Crippen LogP contribution >= 0.6 is 0 Å². The topological polar surface area (TPSA) is 29.3 Å². The van der Waals surface area contributed by atoms with Crippen molar-refractivity contribution < 1.29 is 0 Å². The van der Waals surface area contributed by atoms with Gasteiger partial charge in [-0.25, -0.2) is 4.98 Å². The highest BCUT2D eigenvalue weighted by Crippen LogP contribution is 2.27. The van der Waals surface area contributed by atoms with E-state index in [9.17, 15) is 0 Å². The van der Waals surface area contributed by atoms with E-state index < -0.39 is 0 Å². The molecule has 0 amide bonds. The van der Waals surface area contributed by atoms with Crippen LogP contribution in [0.4, 0.5) is 0 Å². The highest BCUT2D eigenvalue weighted by molar-refractivity contribution is 5.53. The van der Waals surface area contributed by atoms with Gasteiger partial charge in [-0.1, -0.05) is 45.1 Å². The highest BCUT2D eigenvalue weighted by atomic mass is 15.0. The van der Waals surface area contributed by atoms with Crippen LogP contribution < -0.4 is 5.32 Å². The number of nitrogens with one attached hydrogen (secondary N) is 1. The monoisotopic (exact) mass is 285 g/mol. The Balaban J connectivity index is 1.74. The molecule has 2 heterocycles. The molecule has 1 saturated carbocycles. The Bertz CT molecular complexity index is 567. The molecule has 3 nitrogen and oxygen atoms in total. The Labute approximate surface area is 127 Å². The normalized spacial score (nSPS) is 16.6. The average molecular weight is 285 g/mol. The van der Waals surface area contributed by atoms with Crippen LogP contribution in [0.5, 0.6) is 0 Å². The molecule has 3 heteroatoms. The number of hydrogen-bond donors (Lipinski definition) is 1. The summed E-state index contributed by atoms with van der Waals surface area (Å²) in [5, 5.41) is 3.40. The molecule has 0 atom stereocenters. The van der Waals surface area contributed by atoms with Crippen LogP contribution in [0.25, 0.3) is 5.52 Å². The third-order valence-electron chi connectivity index (χ3n) is 4.74. The number of aryl methyl sites for hydroxylation is 1. The minimum atomic E-state index is 0.868. The second-order valence-corrected chi connectivity index (χ2v) is 6.25. The van der Waals surface area contributed by atoms with Crippen LogP contribution in [0.3, 0.4) is 0 Å². The van der Waals surface area contributed by atoms with E-state index >= 15 is 0 Å². The van der Waals surface area contributed by atoms with Gasteiger partial charge < -0.3 is 9.72 Å². The molecule has 0 spiro atoms. The van der Waals surface area contributed by atoms with E-state index in [1.165, 1.54) is 55.6 Å². The standard InChI is InChI=1S/C18H27N3/c1-2-19-14-16-17-10-6-7-13-21(17)18(20-16)12-11-15-8-4-3-5-9-15/h6-7,10,13,15,19H,2-5,8-9,11-12,14H2,1H3. The molecule has 1 N–H and O–H groups in total. The van der Waals surface area contributed by atoms with Gasteiger partial charge in [0, 0.05) is 19.2 Å². The molecule has 0 radical (unpaired) electrons. The smallest absolute Gasteiger partial charge is 0.113 e. The Kier molecular flexibility index (Phi) is 4.91. The highest BCUT2D eigenvalue weighted by Gasteiger charge is 2.16. The number of fused-ring (bicyclic) bond motifs is 1. The fraction of sp³-hybridized carbons (Fsp3) is 0.611. The lowest BCUT2D eigenvalue weighted by molar-refractivity contribution is 0.337. The van der Waals surface area contributed by atoms with Crippen molar-refractivity contribution in [3.05, 3.63) is 35.9 Å². The quantitative estimate of drug-likeness (QED) is 0.870. The maximum Gasteiger partial charge on any atom is 0.113 e. The molecule has 1 fully saturated rings. The third-order valence-corrected chi connectivity index (χ3v) is 4.74. The molecule has 2 aromatic heterocycles. The second-order valence-electron chi connectivity index (χ2n) is 6.25. The number of pyridine rings is 1. The summed E-state index contributed by atoms with van der Waals surface area (Å²) in [6, 6.07) is 6.40. The van der Waals surface area contributed by atoms with E-state index in [-0.39, 0.29) is 0 Å². The molecule has 0 saturated heterocycles. The van der Waals surface area contributed by atoms with Crippen molar-refractivity contribution in [2.75, 3.05) is 6.54 Å². The second kappa shape index (κ2) is 7.08. The SMILES string of the molecule is CCNCc1nc(CCC2CCCCC2)n2ccccc12. The van der Waals surface area contributed by atoms with Crippen molar-refractivity contribution in [2.24, 2.45) is 5.92 Å². The van der Waals surface area contributed by atoms with Crippen molar-refractivity contribution in [1.82, 2.24) is 14.7 Å². The Morgan fingerprint density at radius 1 is 1.24 bits per heavy atom. The van der Waals surface area contributed by atoms with Gasteiger partial charge in [-0.3, -0.25) is 0 Å². The first-order valence-electron chi connectivity index (χ1n) is 8.54. The molecule has 3 rings (SSSR count). The van der Waals surface area contributed by atoms with E-state index in [0.29, 0.717) is 0 Å². The number of rotatable bonds is 6. The Morgan fingerprint density at radius 2 is 2.10 bits per heavy atom. The first-order chi connectivity index (χ1) is 10.4. The number of imidazole rings is 1. The summed E-state index contributed by atoms with van der Waals surface area (Å²) in [7, 11) is 0. The summed E-state index contributed by atoms with van der Waals surface area (Å²) in [4.78, 5) is 4.91.